The van der Waals surface area contributed by atoms with Gasteiger partial charge in [-0.05, 0) is 60.5 Å². The summed E-state index contributed by atoms with van der Waals surface area (Å²) < 4.78 is 22.2. The van der Waals surface area contributed by atoms with Crippen molar-refractivity contribution in [1.29, 1.82) is 0 Å². The van der Waals surface area contributed by atoms with Gasteiger partial charge in [-0.15, -0.1) is 11.3 Å². The Bertz CT molecular complexity index is 1870. The number of ether oxygens (including phenoxy) is 1. The van der Waals surface area contributed by atoms with E-state index < -0.39 is 11.7 Å². The average Bonchev–Trinajstić information content (AvgIpc) is 3.69. The van der Waals surface area contributed by atoms with Crippen molar-refractivity contribution in [1.82, 2.24) is 14.8 Å². The summed E-state index contributed by atoms with van der Waals surface area (Å²) in [6.07, 6.45) is 2.10. The number of nitrogens with zero attached hydrogens (tertiary/aromatic N) is 4. The van der Waals surface area contributed by atoms with Crippen molar-refractivity contribution in [3.63, 3.8) is 0 Å². The van der Waals surface area contributed by atoms with Gasteiger partial charge in [0.05, 0.1) is 16.1 Å². The number of para-hydroxylation sites is 1. The van der Waals surface area contributed by atoms with E-state index in [1.165, 1.54) is 11.6 Å². The molecular formula is C37H35FN4O3S. The van der Waals surface area contributed by atoms with Crippen LogP contribution < -0.4 is 9.64 Å². The molecule has 46 heavy (non-hydrogen) atoms. The molecule has 9 heteroatoms. The van der Waals surface area contributed by atoms with E-state index in [1.54, 1.807) is 40.6 Å². The Balaban J connectivity index is 1.01. The van der Waals surface area contributed by atoms with Crippen molar-refractivity contribution in [3.05, 3.63) is 108 Å². The van der Waals surface area contributed by atoms with E-state index in [4.69, 9.17) is 4.74 Å². The Hall–Kier alpha value is -4.44. The maximum atomic E-state index is 15.3. The number of carbonyl (C=O) groups excluding carboxylic acids is 2. The summed E-state index contributed by atoms with van der Waals surface area (Å²) in [5.41, 5.74) is 4.47. The Morgan fingerprint density at radius 1 is 0.913 bits per heavy atom. The molecule has 0 N–H and O–H groups in total. The van der Waals surface area contributed by atoms with E-state index in [0.29, 0.717) is 24.3 Å². The molecule has 2 aliphatic rings. The van der Waals surface area contributed by atoms with Gasteiger partial charge >= 0.3 is 0 Å². The number of ketones is 1. The molecule has 7 rings (SSSR count). The van der Waals surface area contributed by atoms with Crippen LogP contribution in [0.4, 0.5) is 10.1 Å². The maximum absolute atomic E-state index is 15.3. The molecule has 4 heterocycles. The zero-order valence-corrected chi connectivity index (χ0v) is 26.5. The molecule has 1 unspecified atom stereocenters. The topological polar surface area (TPSA) is 66.0 Å². The molecule has 1 amide bonds. The lowest BCUT2D eigenvalue weighted by Gasteiger charge is -2.32. The van der Waals surface area contributed by atoms with Crippen LogP contribution in [0, 0.1) is 11.7 Å². The van der Waals surface area contributed by atoms with Crippen LogP contribution in [-0.4, -0.2) is 66.2 Å². The number of benzene rings is 3. The molecule has 7 nitrogen and oxygen atoms in total. The summed E-state index contributed by atoms with van der Waals surface area (Å²) in [5.74, 6) is -1.09. The van der Waals surface area contributed by atoms with Crippen LogP contribution in [0.3, 0.4) is 0 Å². The summed E-state index contributed by atoms with van der Waals surface area (Å²) in [6, 6.07) is 26.3. The first-order valence-corrected chi connectivity index (χ1v) is 16.5. The van der Waals surface area contributed by atoms with Crippen LogP contribution in [0.25, 0.3) is 20.7 Å². The molecule has 5 aromatic rings. The van der Waals surface area contributed by atoms with Crippen LogP contribution in [0.5, 0.6) is 11.5 Å². The van der Waals surface area contributed by atoms with Crippen molar-refractivity contribution >= 4 is 38.9 Å². The molecule has 0 spiro atoms. The van der Waals surface area contributed by atoms with Crippen LogP contribution in [0.1, 0.15) is 17.5 Å². The van der Waals surface area contributed by atoms with Crippen molar-refractivity contribution in [2.45, 2.75) is 19.4 Å². The first-order chi connectivity index (χ1) is 22.4. The van der Waals surface area contributed by atoms with Crippen molar-refractivity contribution in [3.8, 4) is 21.9 Å². The third-order valence-electron chi connectivity index (χ3n) is 8.87. The van der Waals surface area contributed by atoms with E-state index in [1.807, 2.05) is 36.4 Å². The van der Waals surface area contributed by atoms with Crippen LogP contribution in [0.2, 0.25) is 0 Å². The predicted octanol–water partition coefficient (Wildman–Crippen LogP) is 6.81. The van der Waals surface area contributed by atoms with Crippen LogP contribution >= 0.6 is 11.3 Å². The van der Waals surface area contributed by atoms with Crippen molar-refractivity contribution in [2.24, 2.45) is 5.92 Å². The Morgan fingerprint density at radius 3 is 2.43 bits per heavy atom. The number of aromatic nitrogens is 1. The summed E-state index contributed by atoms with van der Waals surface area (Å²) in [6.45, 7) is 5.81. The highest BCUT2D eigenvalue weighted by Gasteiger charge is 2.37. The van der Waals surface area contributed by atoms with Gasteiger partial charge < -0.3 is 14.5 Å². The SMILES string of the molecule is CN1CCN(Cc2ccc(-c3cc4nccc(Oc5ccc(CC(=O)C6CCN(c7ccccc7)C6=O)cc5F)c4s3)cc2)CC1. The number of hydrogen-bond donors (Lipinski definition) is 0. The minimum Gasteiger partial charge on any atom is -0.453 e. The number of thiophene rings is 1. The first-order valence-electron chi connectivity index (χ1n) is 15.7. The fourth-order valence-electron chi connectivity index (χ4n) is 6.20. The molecular weight excluding hydrogens is 599 g/mol. The Kier molecular flexibility index (Phi) is 8.62. The number of carbonyl (C=O) groups is 2. The fraction of sp³-hybridized carbons (Fsp3) is 0.270. The third kappa shape index (κ3) is 6.44. The highest BCUT2D eigenvalue weighted by atomic mass is 32.1. The number of rotatable bonds is 9. The average molecular weight is 635 g/mol. The zero-order chi connectivity index (χ0) is 31.6. The lowest BCUT2D eigenvalue weighted by atomic mass is 9.96. The number of amides is 1. The lowest BCUT2D eigenvalue weighted by Crippen LogP contribution is -2.43. The monoisotopic (exact) mass is 634 g/mol. The molecule has 2 aromatic heterocycles. The maximum Gasteiger partial charge on any atom is 0.237 e. The minimum absolute atomic E-state index is 0.0157. The largest absolute Gasteiger partial charge is 0.453 e. The number of fused-ring (bicyclic) bond motifs is 1. The van der Waals surface area contributed by atoms with E-state index in [0.717, 1.165) is 59.1 Å². The number of hydrogen-bond acceptors (Lipinski definition) is 7. The second-order valence-electron chi connectivity index (χ2n) is 12.1. The van der Waals surface area contributed by atoms with Crippen molar-refractivity contribution < 1.29 is 18.7 Å². The van der Waals surface area contributed by atoms with Gasteiger partial charge in [0.2, 0.25) is 5.91 Å². The van der Waals surface area contributed by atoms with Gasteiger partial charge in [-0.3, -0.25) is 19.5 Å². The molecule has 1 atom stereocenters. The van der Waals surface area contributed by atoms with Gasteiger partial charge in [-0.25, -0.2) is 4.39 Å². The van der Waals surface area contributed by atoms with E-state index in [9.17, 15) is 9.59 Å². The number of pyridine rings is 1. The van der Waals surface area contributed by atoms with Gasteiger partial charge in [0.15, 0.2) is 11.6 Å². The van der Waals surface area contributed by atoms with Gasteiger partial charge in [-0.2, -0.15) is 0 Å². The first kappa shape index (κ1) is 30.2. The van der Waals surface area contributed by atoms with Crippen LogP contribution in [-0.2, 0) is 22.6 Å². The quantitative estimate of drug-likeness (QED) is 0.166. The number of likely N-dealkylation sites (N-methyl/N-ethyl adjacent to an activating group) is 1. The summed E-state index contributed by atoms with van der Waals surface area (Å²) >= 11 is 1.56. The smallest absolute Gasteiger partial charge is 0.237 e. The highest BCUT2D eigenvalue weighted by Crippen LogP contribution is 2.40. The number of piperazine rings is 1. The minimum atomic E-state index is -0.717. The fourth-order valence-corrected chi connectivity index (χ4v) is 7.27. The van der Waals surface area contributed by atoms with E-state index in [-0.39, 0.29) is 23.9 Å². The molecule has 2 fully saturated rings. The van der Waals surface area contributed by atoms with Crippen molar-refractivity contribution in [2.75, 3.05) is 44.7 Å². The lowest BCUT2D eigenvalue weighted by molar-refractivity contribution is -0.130. The molecule has 0 aliphatic carbocycles. The van der Waals surface area contributed by atoms with Gasteiger partial charge in [0.25, 0.3) is 0 Å². The zero-order valence-electron chi connectivity index (χ0n) is 25.7. The standard InChI is InChI=1S/C37H35FN4O3S/c1-40-17-19-41(20-18-40)24-25-7-10-27(11-8-25)35-23-31-36(46-35)34(13-15-39-31)45-33-12-9-26(21-30(33)38)22-32(43)29-14-16-42(37(29)44)28-5-3-2-4-6-28/h2-13,15,21,23,29H,14,16-20,22,24H2,1H3. The third-order valence-corrected chi connectivity index (χ3v) is 10.1. The van der Waals surface area contributed by atoms with Gasteiger partial charge in [0, 0.05) is 68.5 Å². The number of anilines is 1. The Morgan fingerprint density at radius 2 is 1.67 bits per heavy atom. The summed E-state index contributed by atoms with van der Waals surface area (Å²) in [7, 11) is 2.17. The molecule has 0 radical (unpaired) electrons. The summed E-state index contributed by atoms with van der Waals surface area (Å²) in [4.78, 5) is 38.1. The Labute approximate surface area is 271 Å². The number of Topliss-reactive ketones (excluding diaryl/α,β-unsaturated/α-hetero) is 1. The predicted molar refractivity (Wildman–Crippen MR) is 180 cm³/mol. The molecule has 0 bridgehead atoms. The highest BCUT2D eigenvalue weighted by molar-refractivity contribution is 7.22. The summed E-state index contributed by atoms with van der Waals surface area (Å²) in [5, 5.41) is 0. The molecule has 2 aliphatic heterocycles. The molecule has 0 saturated carbocycles. The molecule has 2 saturated heterocycles. The number of halogens is 1. The molecule has 3 aromatic carbocycles. The van der Waals surface area contributed by atoms with E-state index >= 15 is 4.39 Å². The van der Waals surface area contributed by atoms with Gasteiger partial charge in [0.1, 0.15) is 11.5 Å². The molecule has 234 valence electrons. The normalized spacial score (nSPS) is 17.6. The second kappa shape index (κ2) is 13.1. The van der Waals surface area contributed by atoms with Crippen LogP contribution in [0.15, 0.2) is 91.1 Å². The van der Waals surface area contributed by atoms with E-state index in [2.05, 4.69) is 46.1 Å². The van der Waals surface area contributed by atoms with Gasteiger partial charge in [-0.1, -0.05) is 48.5 Å². The second-order valence-corrected chi connectivity index (χ2v) is 13.1.